The standard InChI is InChI=1S/C24H22FN7O/c1-15-10-18(11-16(2)28-15)21-22(17-6-4-3-5-7-17)29-24(26)31-14-30(32(33)23(21)31)13-20-9-8-19(25)12-27-20/h3-12,26,33H,13-14H2,1-2H3. The summed E-state index contributed by atoms with van der Waals surface area (Å²) in [5.74, 6) is 0.00973. The molecule has 1 aliphatic rings. The fourth-order valence-corrected chi connectivity index (χ4v) is 4.12. The third-order valence-corrected chi connectivity index (χ3v) is 5.50. The van der Waals surface area contributed by atoms with Gasteiger partial charge in [0.2, 0.25) is 5.62 Å². The molecule has 9 heteroatoms. The zero-order valence-electron chi connectivity index (χ0n) is 18.2. The number of fused-ring (bicyclic) bond motifs is 1. The molecule has 0 aliphatic carbocycles. The van der Waals surface area contributed by atoms with Gasteiger partial charge >= 0.3 is 0 Å². The highest BCUT2D eigenvalue weighted by atomic mass is 19.1. The average molecular weight is 443 g/mol. The maximum Gasteiger partial charge on any atom is 0.225 e. The second kappa shape index (κ2) is 8.19. The van der Waals surface area contributed by atoms with Gasteiger partial charge in [-0.25, -0.2) is 9.37 Å². The number of halogens is 1. The number of nitrogens with zero attached hydrogens (tertiary/aromatic N) is 6. The Morgan fingerprint density at radius 3 is 2.39 bits per heavy atom. The lowest BCUT2D eigenvalue weighted by Crippen LogP contribution is -2.34. The SMILES string of the molecule is Cc1cc(-c2c(-c3ccccc3)nc(=N)n3c2N(O)N(Cc2ccc(F)cn2)C3)cc(C)n1. The molecule has 0 saturated heterocycles. The van der Waals surface area contributed by atoms with E-state index in [0.29, 0.717) is 22.8 Å². The van der Waals surface area contributed by atoms with Crippen molar-refractivity contribution in [2.24, 2.45) is 0 Å². The van der Waals surface area contributed by atoms with E-state index in [0.717, 1.165) is 33.9 Å². The molecule has 2 N–H and O–H groups in total. The Morgan fingerprint density at radius 2 is 1.73 bits per heavy atom. The summed E-state index contributed by atoms with van der Waals surface area (Å²) >= 11 is 0. The van der Waals surface area contributed by atoms with Crippen LogP contribution in [0.25, 0.3) is 22.4 Å². The van der Waals surface area contributed by atoms with Crippen LogP contribution in [0.3, 0.4) is 0 Å². The van der Waals surface area contributed by atoms with E-state index in [9.17, 15) is 9.60 Å². The van der Waals surface area contributed by atoms with Crippen molar-refractivity contribution in [3.8, 4) is 22.4 Å². The van der Waals surface area contributed by atoms with Gasteiger partial charge in [-0.3, -0.25) is 25.2 Å². The minimum atomic E-state index is -0.422. The topological polar surface area (TPSA) is 94.2 Å². The first-order chi connectivity index (χ1) is 15.9. The summed E-state index contributed by atoms with van der Waals surface area (Å²) in [5.41, 5.74) is 5.26. The molecule has 0 bridgehead atoms. The van der Waals surface area contributed by atoms with Crippen LogP contribution in [-0.2, 0) is 13.2 Å². The van der Waals surface area contributed by atoms with Crippen LogP contribution in [-0.4, -0.2) is 29.7 Å². The number of nitrogens with one attached hydrogen (secondary N) is 1. The Balaban J connectivity index is 1.69. The van der Waals surface area contributed by atoms with Crippen LogP contribution >= 0.6 is 0 Å². The minimum Gasteiger partial charge on any atom is -0.278 e. The number of hydrogen-bond acceptors (Lipinski definition) is 7. The van der Waals surface area contributed by atoms with Crippen molar-refractivity contribution < 1.29 is 9.60 Å². The van der Waals surface area contributed by atoms with Gasteiger partial charge in [-0.15, -0.1) is 0 Å². The van der Waals surface area contributed by atoms with Gasteiger partial charge in [0.25, 0.3) is 0 Å². The summed E-state index contributed by atoms with van der Waals surface area (Å²) in [6.45, 7) is 4.26. The van der Waals surface area contributed by atoms with Gasteiger partial charge in [-0.1, -0.05) is 30.3 Å². The van der Waals surface area contributed by atoms with Crippen molar-refractivity contribution in [2.45, 2.75) is 27.1 Å². The average Bonchev–Trinajstić information content (AvgIpc) is 3.12. The summed E-state index contributed by atoms with van der Waals surface area (Å²) in [6.07, 6.45) is 1.15. The second-order valence-corrected chi connectivity index (χ2v) is 7.98. The van der Waals surface area contributed by atoms with Crippen molar-refractivity contribution >= 4 is 5.82 Å². The third kappa shape index (κ3) is 3.88. The lowest BCUT2D eigenvalue weighted by atomic mass is 9.99. The summed E-state index contributed by atoms with van der Waals surface area (Å²) in [5, 5.41) is 22.5. The van der Waals surface area contributed by atoms with E-state index in [1.165, 1.54) is 6.07 Å². The molecule has 5 rings (SSSR count). The Kier molecular flexibility index (Phi) is 5.20. The van der Waals surface area contributed by atoms with Gasteiger partial charge in [0.15, 0.2) is 5.82 Å². The first-order valence-corrected chi connectivity index (χ1v) is 10.5. The summed E-state index contributed by atoms with van der Waals surface area (Å²) in [6, 6.07) is 16.4. The van der Waals surface area contributed by atoms with Gasteiger partial charge in [0, 0.05) is 17.0 Å². The first kappa shape index (κ1) is 20.9. The Morgan fingerprint density at radius 1 is 1.00 bits per heavy atom. The quantitative estimate of drug-likeness (QED) is 0.498. The number of benzene rings is 1. The molecule has 4 aromatic rings. The van der Waals surface area contributed by atoms with Gasteiger partial charge < -0.3 is 0 Å². The third-order valence-electron chi connectivity index (χ3n) is 5.50. The smallest absolute Gasteiger partial charge is 0.225 e. The van der Waals surface area contributed by atoms with Crippen LogP contribution < -0.4 is 10.8 Å². The zero-order chi connectivity index (χ0) is 23.1. The number of pyridine rings is 2. The Labute approximate surface area is 189 Å². The Bertz CT molecular complexity index is 1370. The zero-order valence-corrected chi connectivity index (χ0v) is 18.2. The number of rotatable bonds is 4. The van der Waals surface area contributed by atoms with E-state index in [-0.39, 0.29) is 18.8 Å². The van der Waals surface area contributed by atoms with Crippen LogP contribution in [0.4, 0.5) is 10.2 Å². The van der Waals surface area contributed by atoms with E-state index in [4.69, 9.17) is 5.41 Å². The van der Waals surface area contributed by atoms with Crippen molar-refractivity contribution in [2.75, 3.05) is 5.17 Å². The molecule has 1 aromatic carbocycles. The lowest BCUT2D eigenvalue weighted by molar-refractivity contribution is 0.0614. The highest BCUT2D eigenvalue weighted by molar-refractivity contribution is 5.88. The molecule has 3 aromatic heterocycles. The van der Waals surface area contributed by atoms with Gasteiger partial charge in [0.1, 0.15) is 12.5 Å². The maximum absolute atomic E-state index is 13.3. The van der Waals surface area contributed by atoms with Gasteiger partial charge in [-0.2, -0.15) is 10.2 Å². The number of anilines is 1. The number of hydrazine groups is 1. The molecule has 0 spiro atoms. The van der Waals surface area contributed by atoms with Crippen LogP contribution in [0.2, 0.25) is 0 Å². The molecule has 0 atom stereocenters. The predicted octanol–water partition coefficient (Wildman–Crippen LogP) is 3.83. The monoisotopic (exact) mass is 443 g/mol. The molecule has 0 fully saturated rings. The van der Waals surface area contributed by atoms with Crippen LogP contribution in [0.15, 0.2) is 60.8 Å². The van der Waals surface area contributed by atoms with Crippen LogP contribution in [0.5, 0.6) is 0 Å². The van der Waals surface area contributed by atoms with E-state index in [2.05, 4.69) is 15.0 Å². The first-order valence-electron chi connectivity index (χ1n) is 10.5. The van der Waals surface area contributed by atoms with Crippen molar-refractivity contribution in [3.05, 3.63) is 89.3 Å². The van der Waals surface area contributed by atoms with Crippen molar-refractivity contribution in [1.29, 1.82) is 5.41 Å². The molecule has 0 unspecified atom stereocenters. The Hall–Kier alpha value is -3.95. The predicted molar refractivity (Wildman–Crippen MR) is 120 cm³/mol. The molecule has 0 amide bonds. The number of aromatic nitrogens is 4. The van der Waals surface area contributed by atoms with Crippen LogP contribution in [0, 0.1) is 25.1 Å². The summed E-state index contributed by atoms with van der Waals surface area (Å²) in [4.78, 5) is 13.2. The van der Waals surface area contributed by atoms with Gasteiger partial charge in [-0.05, 0) is 43.7 Å². The molecule has 0 radical (unpaired) electrons. The molecule has 8 nitrogen and oxygen atoms in total. The molecular weight excluding hydrogens is 421 g/mol. The van der Waals surface area contributed by atoms with Crippen molar-refractivity contribution in [1.82, 2.24) is 24.5 Å². The molecule has 166 valence electrons. The molecule has 4 heterocycles. The van der Waals surface area contributed by atoms with E-state index < -0.39 is 5.82 Å². The fourth-order valence-electron chi connectivity index (χ4n) is 4.12. The van der Waals surface area contributed by atoms with E-state index in [1.807, 2.05) is 56.3 Å². The molecule has 1 aliphatic heterocycles. The minimum absolute atomic E-state index is 0.0173. The fraction of sp³-hybridized carbons (Fsp3) is 0.167. The second-order valence-electron chi connectivity index (χ2n) is 7.98. The number of aryl methyl sites for hydroxylation is 2. The molecule has 0 saturated carbocycles. The highest BCUT2D eigenvalue weighted by Crippen LogP contribution is 2.40. The van der Waals surface area contributed by atoms with Crippen LogP contribution in [0.1, 0.15) is 17.1 Å². The summed E-state index contributed by atoms with van der Waals surface area (Å²) < 4.78 is 14.9. The van der Waals surface area contributed by atoms with Gasteiger partial charge in [0.05, 0.1) is 29.7 Å². The van der Waals surface area contributed by atoms with Crippen molar-refractivity contribution in [3.63, 3.8) is 0 Å². The summed E-state index contributed by atoms with van der Waals surface area (Å²) in [7, 11) is 0. The lowest BCUT2D eigenvalue weighted by Gasteiger charge is -2.23. The number of hydrogen-bond donors (Lipinski definition) is 2. The largest absolute Gasteiger partial charge is 0.278 e. The van der Waals surface area contributed by atoms with E-state index >= 15 is 0 Å². The molecule has 33 heavy (non-hydrogen) atoms. The highest BCUT2D eigenvalue weighted by Gasteiger charge is 2.33. The normalized spacial score (nSPS) is 13.4. The maximum atomic E-state index is 13.3. The molecular formula is C24H22FN7O. The van der Waals surface area contributed by atoms with E-state index in [1.54, 1.807) is 15.6 Å².